The molecule has 5 rings (SSSR count). The van der Waals surface area contributed by atoms with Gasteiger partial charge in [-0.3, -0.25) is 4.79 Å². The Morgan fingerprint density at radius 1 is 1.26 bits per heavy atom. The molecule has 0 bridgehead atoms. The summed E-state index contributed by atoms with van der Waals surface area (Å²) in [5, 5.41) is 15.7. The first-order valence-electron chi connectivity index (χ1n) is 10.7. The molecule has 0 saturated carbocycles. The molecular formula is C25H21FN6O2. The van der Waals surface area contributed by atoms with Gasteiger partial charge in [0.15, 0.2) is 0 Å². The van der Waals surface area contributed by atoms with Crippen molar-refractivity contribution in [3.8, 4) is 23.0 Å². The summed E-state index contributed by atoms with van der Waals surface area (Å²) in [4.78, 5) is 17.2. The number of hydrogen-bond acceptors (Lipinski definition) is 6. The second kappa shape index (κ2) is 8.86. The third kappa shape index (κ3) is 4.03. The van der Waals surface area contributed by atoms with E-state index in [1.807, 2.05) is 31.2 Å². The van der Waals surface area contributed by atoms with Crippen molar-refractivity contribution in [2.75, 3.05) is 11.9 Å². The van der Waals surface area contributed by atoms with Crippen molar-refractivity contribution in [1.29, 1.82) is 0 Å². The van der Waals surface area contributed by atoms with Crippen LogP contribution in [0.1, 0.15) is 29.2 Å². The molecule has 2 aromatic heterocycles. The van der Waals surface area contributed by atoms with Crippen molar-refractivity contribution in [1.82, 2.24) is 25.0 Å². The first kappa shape index (κ1) is 21.4. The van der Waals surface area contributed by atoms with E-state index in [9.17, 15) is 9.18 Å². The van der Waals surface area contributed by atoms with E-state index in [0.29, 0.717) is 29.4 Å². The molecule has 0 spiro atoms. The number of amides is 1. The van der Waals surface area contributed by atoms with Crippen LogP contribution in [-0.4, -0.2) is 37.5 Å². The normalized spacial score (nSPS) is 14.9. The predicted octanol–water partition coefficient (Wildman–Crippen LogP) is 4.21. The fraction of sp³-hybridized carbons (Fsp3) is 0.160. The smallest absolute Gasteiger partial charge is 0.272 e. The lowest BCUT2D eigenvalue weighted by Crippen LogP contribution is -2.25. The van der Waals surface area contributed by atoms with E-state index in [1.165, 1.54) is 23.0 Å². The molecule has 9 heteroatoms. The molecular weight excluding hydrogens is 435 g/mol. The predicted molar refractivity (Wildman–Crippen MR) is 124 cm³/mol. The van der Waals surface area contributed by atoms with Crippen LogP contribution in [0.25, 0.3) is 17.2 Å². The average molecular weight is 456 g/mol. The Balaban J connectivity index is 1.56. The number of fused-ring (bicyclic) bond motifs is 1. The Morgan fingerprint density at radius 3 is 2.88 bits per heavy atom. The third-order valence-electron chi connectivity index (χ3n) is 5.61. The van der Waals surface area contributed by atoms with Crippen molar-refractivity contribution in [2.24, 2.45) is 0 Å². The van der Waals surface area contributed by atoms with E-state index in [-0.39, 0.29) is 30.0 Å². The maximum Gasteiger partial charge on any atom is 0.272 e. The van der Waals surface area contributed by atoms with Crippen LogP contribution >= 0.6 is 0 Å². The maximum absolute atomic E-state index is 13.3. The summed E-state index contributed by atoms with van der Waals surface area (Å²) in [6.45, 7) is 5.96. The van der Waals surface area contributed by atoms with Gasteiger partial charge in [-0.1, -0.05) is 24.8 Å². The number of ether oxygens (including phenoxy) is 1. The summed E-state index contributed by atoms with van der Waals surface area (Å²) >= 11 is 0. The van der Waals surface area contributed by atoms with Gasteiger partial charge >= 0.3 is 0 Å². The second-order valence-corrected chi connectivity index (χ2v) is 7.89. The van der Waals surface area contributed by atoms with Crippen LogP contribution in [0.3, 0.4) is 0 Å². The molecule has 0 radical (unpaired) electrons. The molecule has 1 unspecified atom stereocenters. The van der Waals surface area contributed by atoms with E-state index in [1.54, 1.807) is 18.2 Å². The molecule has 1 N–H and O–H groups in total. The number of carbonyl (C=O) groups is 1. The number of hydrogen-bond donors (Lipinski definition) is 1. The minimum absolute atomic E-state index is 0.140. The van der Waals surface area contributed by atoms with E-state index in [0.717, 1.165) is 16.8 Å². The van der Waals surface area contributed by atoms with E-state index in [4.69, 9.17) is 4.74 Å². The number of halogens is 1. The summed E-state index contributed by atoms with van der Waals surface area (Å²) in [6.07, 6.45) is 3.45. The topological polar surface area (TPSA) is 94.8 Å². The molecule has 1 atom stereocenters. The molecule has 1 aliphatic heterocycles. The van der Waals surface area contributed by atoms with Gasteiger partial charge in [-0.05, 0) is 48.9 Å². The quantitative estimate of drug-likeness (QED) is 0.437. The van der Waals surface area contributed by atoms with Gasteiger partial charge in [0.1, 0.15) is 24.0 Å². The summed E-state index contributed by atoms with van der Waals surface area (Å²) in [6, 6.07) is 13.6. The van der Waals surface area contributed by atoms with Gasteiger partial charge in [0, 0.05) is 23.5 Å². The molecule has 1 aliphatic rings. The molecule has 0 fully saturated rings. The molecule has 2 aromatic carbocycles. The summed E-state index contributed by atoms with van der Waals surface area (Å²) in [5.74, 6) is 0.728. The van der Waals surface area contributed by atoms with Gasteiger partial charge in [-0.2, -0.15) is 14.9 Å². The zero-order chi connectivity index (χ0) is 23.7. The van der Waals surface area contributed by atoms with E-state index >= 15 is 0 Å². The molecule has 4 aromatic rings. The SMILES string of the molecule is C=CCOc1cccc(C2CC(=O)Nc3c2c(C)nn3-c2nncc(-c3ccc(F)cc3)n2)c1. The average Bonchev–Trinajstić information content (AvgIpc) is 3.19. The highest BCUT2D eigenvalue weighted by Crippen LogP contribution is 2.40. The molecule has 1 amide bonds. The van der Waals surface area contributed by atoms with Crippen LogP contribution in [0.5, 0.6) is 5.75 Å². The number of nitrogens with zero attached hydrogens (tertiary/aromatic N) is 5. The van der Waals surface area contributed by atoms with Crippen LogP contribution in [0.4, 0.5) is 10.2 Å². The van der Waals surface area contributed by atoms with E-state index < -0.39 is 0 Å². The van der Waals surface area contributed by atoms with Crippen molar-refractivity contribution >= 4 is 11.7 Å². The monoisotopic (exact) mass is 456 g/mol. The van der Waals surface area contributed by atoms with E-state index in [2.05, 4.69) is 32.2 Å². The Hall–Kier alpha value is -4.40. The van der Waals surface area contributed by atoms with Gasteiger partial charge in [0.25, 0.3) is 5.95 Å². The lowest BCUT2D eigenvalue weighted by atomic mass is 9.86. The van der Waals surface area contributed by atoms with Crippen molar-refractivity contribution < 1.29 is 13.9 Å². The molecule has 0 saturated heterocycles. The summed E-state index contributed by atoms with van der Waals surface area (Å²) in [5.41, 5.74) is 3.77. The molecule has 0 aliphatic carbocycles. The lowest BCUT2D eigenvalue weighted by molar-refractivity contribution is -0.116. The zero-order valence-corrected chi connectivity index (χ0v) is 18.4. The Morgan fingerprint density at radius 2 is 2.09 bits per heavy atom. The van der Waals surface area contributed by atoms with Crippen molar-refractivity contribution in [2.45, 2.75) is 19.3 Å². The molecule has 3 heterocycles. The van der Waals surface area contributed by atoms with Gasteiger partial charge in [-0.25, -0.2) is 9.37 Å². The first-order chi connectivity index (χ1) is 16.5. The zero-order valence-electron chi connectivity index (χ0n) is 18.4. The number of aryl methyl sites for hydroxylation is 1. The molecule has 170 valence electrons. The highest BCUT2D eigenvalue weighted by molar-refractivity contribution is 5.95. The minimum Gasteiger partial charge on any atom is -0.490 e. The largest absolute Gasteiger partial charge is 0.490 e. The third-order valence-corrected chi connectivity index (χ3v) is 5.61. The van der Waals surface area contributed by atoms with Gasteiger partial charge in [-0.15, -0.1) is 5.10 Å². The fourth-order valence-corrected chi connectivity index (χ4v) is 4.10. The minimum atomic E-state index is -0.338. The molecule has 8 nitrogen and oxygen atoms in total. The van der Waals surface area contributed by atoms with Crippen molar-refractivity contribution in [3.63, 3.8) is 0 Å². The molecule has 34 heavy (non-hydrogen) atoms. The van der Waals surface area contributed by atoms with Crippen LogP contribution in [0, 0.1) is 12.7 Å². The number of benzene rings is 2. The van der Waals surface area contributed by atoms with Crippen molar-refractivity contribution in [3.05, 3.63) is 90.0 Å². The standard InChI is InChI=1S/C25H21FN6O2/c1-3-11-34-19-6-4-5-17(12-19)20-13-22(33)29-24-23(20)15(2)31-32(24)25-28-21(14-27-30-25)16-7-9-18(26)10-8-16/h3-10,12,14,20H,1,11,13H2,2H3,(H,29,33). The fourth-order valence-electron chi connectivity index (χ4n) is 4.10. The number of nitrogens with one attached hydrogen (secondary N) is 1. The maximum atomic E-state index is 13.3. The number of anilines is 1. The number of aromatic nitrogens is 5. The summed E-state index contributed by atoms with van der Waals surface area (Å²) < 4.78 is 20.5. The Labute approximate surface area is 195 Å². The Bertz CT molecular complexity index is 1380. The lowest BCUT2D eigenvalue weighted by Gasteiger charge is -2.24. The second-order valence-electron chi connectivity index (χ2n) is 7.89. The summed E-state index contributed by atoms with van der Waals surface area (Å²) in [7, 11) is 0. The van der Waals surface area contributed by atoms with Crippen LogP contribution in [-0.2, 0) is 4.79 Å². The van der Waals surface area contributed by atoms with Crippen LogP contribution in [0.2, 0.25) is 0 Å². The number of carbonyl (C=O) groups excluding carboxylic acids is 1. The van der Waals surface area contributed by atoms with Crippen LogP contribution < -0.4 is 10.1 Å². The highest BCUT2D eigenvalue weighted by Gasteiger charge is 2.33. The highest BCUT2D eigenvalue weighted by atomic mass is 19.1. The van der Waals surface area contributed by atoms with Gasteiger partial charge < -0.3 is 10.1 Å². The van der Waals surface area contributed by atoms with Gasteiger partial charge in [0.05, 0.1) is 17.6 Å². The first-order valence-corrected chi connectivity index (χ1v) is 10.7. The number of rotatable bonds is 6. The van der Waals surface area contributed by atoms with Gasteiger partial charge in [0.2, 0.25) is 5.91 Å². The Kier molecular flexibility index (Phi) is 5.59. The van der Waals surface area contributed by atoms with Crippen LogP contribution in [0.15, 0.2) is 67.4 Å².